The second-order valence-corrected chi connectivity index (χ2v) is 4.36. The quantitative estimate of drug-likeness (QED) is 0.840. The molecule has 1 N–H and O–H groups in total. The number of hydrogen-bond acceptors (Lipinski definition) is 2. The predicted molar refractivity (Wildman–Crippen MR) is 66.8 cm³/mol. The van der Waals surface area contributed by atoms with Crippen LogP contribution >= 0.6 is 0 Å². The van der Waals surface area contributed by atoms with Gasteiger partial charge >= 0.3 is 0 Å². The van der Waals surface area contributed by atoms with E-state index < -0.39 is 0 Å². The van der Waals surface area contributed by atoms with Crippen LogP contribution in [0.25, 0.3) is 0 Å². The molecule has 0 radical (unpaired) electrons. The summed E-state index contributed by atoms with van der Waals surface area (Å²) in [7, 11) is 0. The van der Waals surface area contributed by atoms with Crippen molar-refractivity contribution in [2.24, 2.45) is 5.92 Å². The molecule has 0 spiro atoms. The van der Waals surface area contributed by atoms with Gasteiger partial charge < -0.3 is 10.1 Å². The molecule has 1 aromatic rings. The lowest BCUT2D eigenvalue weighted by molar-refractivity contribution is 0.327. The average molecular weight is 219 g/mol. The molecule has 1 fully saturated rings. The molecule has 2 nitrogen and oxygen atoms in total. The third-order valence-corrected chi connectivity index (χ3v) is 3.43. The zero-order valence-corrected chi connectivity index (χ0v) is 10.2. The first kappa shape index (κ1) is 11.5. The van der Waals surface area contributed by atoms with Crippen molar-refractivity contribution < 1.29 is 4.74 Å². The topological polar surface area (TPSA) is 21.3 Å². The van der Waals surface area contributed by atoms with Crippen molar-refractivity contribution in [1.29, 1.82) is 0 Å². The second-order valence-electron chi connectivity index (χ2n) is 4.36. The van der Waals surface area contributed by atoms with Gasteiger partial charge in [0.2, 0.25) is 0 Å². The Hall–Kier alpha value is -1.02. The van der Waals surface area contributed by atoms with Gasteiger partial charge in [0, 0.05) is 11.6 Å². The number of hydrogen-bond donors (Lipinski definition) is 1. The van der Waals surface area contributed by atoms with E-state index in [1.165, 1.54) is 18.4 Å². The number of benzene rings is 1. The minimum Gasteiger partial charge on any atom is -0.494 e. The molecule has 2 rings (SSSR count). The molecule has 1 aliphatic rings. The molecule has 1 aromatic carbocycles. The maximum atomic E-state index is 5.70. The smallest absolute Gasteiger partial charge is 0.124 e. The summed E-state index contributed by atoms with van der Waals surface area (Å²) in [4.78, 5) is 0. The highest BCUT2D eigenvalue weighted by Crippen LogP contribution is 2.36. The molecule has 1 aliphatic heterocycles. The van der Waals surface area contributed by atoms with E-state index in [0.717, 1.165) is 24.8 Å². The third kappa shape index (κ3) is 2.22. The van der Waals surface area contributed by atoms with Crippen LogP contribution in [0, 0.1) is 5.92 Å². The Kier molecular flexibility index (Phi) is 3.83. The summed E-state index contributed by atoms with van der Waals surface area (Å²) >= 11 is 0. The Bertz CT molecular complexity index is 337. The Balaban J connectivity index is 2.24. The molecule has 2 atom stereocenters. The van der Waals surface area contributed by atoms with Crippen LogP contribution in [0.1, 0.15) is 38.3 Å². The maximum absolute atomic E-state index is 5.70. The van der Waals surface area contributed by atoms with Gasteiger partial charge in [-0.2, -0.15) is 0 Å². The van der Waals surface area contributed by atoms with Gasteiger partial charge in [0.25, 0.3) is 0 Å². The summed E-state index contributed by atoms with van der Waals surface area (Å²) in [5.74, 6) is 1.80. The van der Waals surface area contributed by atoms with Crippen LogP contribution in [0.3, 0.4) is 0 Å². The van der Waals surface area contributed by atoms with Crippen LogP contribution in [-0.4, -0.2) is 13.2 Å². The van der Waals surface area contributed by atoms with Crippen LogP contribution in [0.5, 0.6) is 5.75 Å². The van der Waals surface area contributed by atoms with Gasteiger partial charge in [-0.1, -0.05) is 31.5 Å². The van der Waals surface area contributed by atoms with Crippen molar-refractivity contribution >= 4 is 0 Å². The monoisotopic (exact) mass is 219 g/mol. The third-order valence-electron chi connectivity index (χ3n) is 3.43. The van der Waals surface area contributed by atoms with Gasteiger partial charge in [-0.05, 0) is 31.9 Å². The van der Waals surface area contributed by atoms with Crippen molar-refractivity contribution in [2.45, 2.75) is 32.7 Å². The SMILES string of the molecule is CCOc1ccccc1[C@H]1NCC[C@H]1CC. The lowest BCUT2D eigenvalue weighted by Crippen LogP contribution is -2.18. The molecule has 1 saturated heterocycles. The highest BCUT2D eigenvalue weighted by molar-refractivity contribution is 5.36. The molecule has 2 heteroatoms. The van der Waals surface area contributed by atoms with Crippen LogP contribution < -0.4 is 10.1 Å². The standard InChI is InChI=1S/C14H21NO/c1-3-11-9-10-15-14(11)12-7-5-6-8-13(12)16-4-2/h5-8,11,14-15H,3-4,9-10H2,1-2H3/t11-,14+/m1/s1. The Labute approximate surface area is 98.0 Å². The van der Waals surface area contributed by atoms with E-state index in [4.69, 9.17) is 4.74 Å². The fourth-order valence-electron chi connectivity index (χ4n) is 2.59. The van der Waals surface area contributed by atoms with Gasteiger partial charge in [-0.15, -0.1) is 0 Å². The van der Waals surface area contributed by atoms with E-state index in [9.17, 15) is 0 Å². The van der Waals surface area contributed by atoms with Crippen LogP contribution in [0.2, 0.25) is 0 Å². The molecule has 88 valence electrons. The summed E-state index contributed by atoms with van der Waals surface area (Å²) in [6, 6.07) is 8.89. The van der Waals surface area contributed by atoms with Crippen molar-refractivity contribution in [3.05, 3.63) is 29.8 Å². The van der Waals surface area contributed by atoms with E-state index >= 15 is 0 Å². The molecule has 0 aliphatic carbocycles. The molecular weight excluding hydrogens is 198 g/mol. The van der Waals surface area contributed by atoms with Crippen molar-refractivity contribution in [1.82, 2.24) is 5.32 Å². The maximum Gasteiger partial charge on any atom is 0.124 e. The fourth-order valence-corrected chi connectivity index (χ4v) is 2.59. The summed E-state index contributed by atoms with van der Waals surface area (Å²) < 4.78 is 5.70. The normalized spacial score (nSPS) is 24.6. The number of ether oxygens (including phenoxy) is 1. The van der Waals surface area contributed by atoms with Gasteiger partial charge in [0.15, 0.2) is 0 Å². The number of rotatable bonds is 4. The molecular formula is C14H21NO. The van der Waals surface area contributed by atoms with E-state index in [1.807, 2.05) is 13.0 Å². The van der Waals surface area contributed by atoms with Crippen molar-refractivity contribution in [3.8, 4) is 5.75 Å². The molecule has 0 unspecified atom stereocenters. The second kappa shape index (κ2) is 5.35. The van der Waals surface area contributed by atoms with Gasteiger partial charge in [0.05, 0.1) is 6.61 Å². The lowest BCUT2D eigenvalue weighted by Gasteiger charge is -2.21. The Morgan fingerprint density at radius 3 is 2.88 bits per heavy atom. The number of nitrogens with one attached hydrogen (secondary N) is 1. The van der Waals surface area contributed by atoms with E-state index in [2.05, 4.69) is 30.4 Å². The van der Waals surface area contributed by atoms with Crippen LogP contribution in [0.4, 0.5) is 0 Å². The van der Waals surface area contributed by atoms with Gasteiger partial charge in [-0.3, -0.25) is 0 Å². The minimum atomic E-state index is 0.479. The van der Waals surface area contributed by atoms with Crippen LogP contribution in [0.15, 0.2) is 24.3 Å². The van der Waals surface area contributed by atoms with Gasteiger partial charge in [0.1, 0.15) is 5.75 Å². The Morgan fingerprint density at radius 2 is 2.12 bits per heavy atom. The summed E-state index contributed by atoms with van der Waals surface area (Å²) in [5, 5.41) is 3.59. The largest absolute Gasteiger partial charge is 0.494 e. The molecule has 0 bridgehead atoms. The predicted octanol–water partition coefficient (Wildman–Crippen LogP) is 3.15. The Morgan fingerprint density at radius 1 is 1.31 bits per heavy atom. The van der Waals surface area contributed by atoms with E-state index in [1.54, 1.807) is 0 Å². The zero-order chi connectivity index (χ0) is 11.4. The molecule has 16 heavy (non-hydrogen) atoms. The summed E-state index contributed by atoms with van der Waals surface area (Å²) in [5.41, 5.74) is 1.33. The van der Waals surface area contributed by atoms with Crippen molar-refractivity contribution in [2.75, 3.05) is 13.2 Å². The van der Waals surface area contributed by atoms with Crippen molar-refractivity contribution in [3.63, 3.8) is 0 Å². The highest BCUT2D eigenvalue weighted by atomic mass is 16.5. The summed E-state index contributed by atoms with van der Waals surface area (Å²) in [6.45, 7) is 6.17. The zero-order valence-electron chi connectivity index (χ0n) is 10.2. The van der Waals surface area contributed by atoms with Gasteiger partial charge in [-0.25, -0.2) is 0 Å². The molecule has 1 heterocycles. The molecule has 0 saturated carbocycles. The van der Waals surface area contributed by atoms with E-state index in [0.29, 0.717) is 6.04 Å². The first-order chi connectivity index (χ1) is 7.86. The number of para-hydroxylation sites is 1. The first-order valence-electron chi connectivity index (χ1n) is 6.32. The highest BCUT2D eigenvalue weighted by Gasteiger charge is 2.28. The summed E-state index contributed by atoms with van der Waals surface area (Å²) in [6.07, 6.45) is 2.51. The molecule has 0 amide bonds. The first-order valence-corrected chi connectivity index (χ1v) is 6.32. The van der Waals surface area contributed by atoms with Crippen LogP contribution in [-0.2, 0) is 0 Å². The van der Waals surface area contributed by atoms with E-state index in [-0.39, 0.29) is 0 Å². The molecule has 0 aromatic heterocycles. The average Bonchev–Trinajstić information content (AvgIpc) is 2.78. The minimum absolute atomic E-state index is 0.479. The lowest BCUT2D eigenvalue weighted by atomic mass is 9.91. The fraction of sp³-hybridized carbons (Fsp3) is 0.571.